The van der Waals surface area contributed by atoms with Gasteiger partial charge in [0.1, 0.15) is 11.2 Å². The molecule has 4 rings (SSSR count). The molecule has 0 amide bonds. The molecule has 0 spiro atoms. The first kappa shape index (κ1) is 12.6. The van der Waals surface area contributed by atoms with Gasteiger partial charge in [-0.3, -0.25) is 0 Å². The zero-order valence-corrected chi connectivity index (χ0v) is 12.4. The fraction of sp³-hybridized carbons (Fsp3) is 0.167. The van der Waals surface area contributed by atoms with Crippen molar-refractivity contribution >= 4 is 16.6 Å². The summed E-state index contributed by atoms with van der Waals surface area (Å²) in [4.78, 5) is 3.46. The Kier molecular flexibility index (Phi) is 2.40. The number of benzene rings is 2. The molecule has 104 valence electrons. The van der Waals surface area contributed by atoms with Gasteiger partial charge in [-0.15, -0.1) is 9.36 Å². The fourth-order valence-electron chi connectivity index (χ4n) is 3.38. The Hall–Kier alpha value is -3.11. The Balaban J connectivity index is 2.11. The van der Waals surface area contributed by atoms with Crippen LogP contribution in [0.25, 0.3) is 21.4 Å². The van der Waals surface area contributed by atoms with E-state index in [-0.39, 0.29) is 0 Å². The highest BCUT2D eigenvalue weighted by molar-refractivity contribution is 5.91. The molecule has 0 saturated carbocycles. The molecular formula is C18H13N4+. The maximum atomic E-state index is 9.41. The quantitative estimate of drug-likeness (QED) is 0.361. The van der Waals surface area contributed by atoms with Gasteiger partial charge in [0, 0.05) is 0 Å². The highest BCUT2D eigenvalue weighted by atomic mass is 15.4. The largest absolute Gasteiger partial charge is 0.237 e. The lowest BCUT2D eigenvalue weighted by atomic mass is 10.0. The SMILES string of the molecule is [C-]#[N+]c1ccc2c(c[n+]3n2-c2cc(C)cc(C)c2C3)c1C#N. The third-order valence-electron chi connectivity index (χ3n) is 4.34. The van der Waals surface area contributed by atoms with Crippen LogP contribution in [0.15, 0.2) is 30.5 Å². The number of rotatable bonds is 0. The molecule has 3 aromatic rings. The first-order chi connectivity index (χ1) is 10.6. The summed E-state index contributed by atoms with van der Waals surface area (Å²) in [6.07, 6.45) is 1.98. The highest BCUT2D eigenvalue weighted by Crippen LogP contribution is 2.32. The van der Waals surface area contributed by atoms with Crippen LogP contribution in [0.4, 0.5) is 5.69 Å². The van der Waals surface area contributed by atoms with E-state index in [1.165, 1.54) is 22.4 Å². The van der Waals surface area contributed by atoms with Crippen molar-refractivity contribution in [2.45, 2.75) is 20.4 Å². The van der Waals surface area contributed by atoms with Gasteiger partial charge in [-0.1, -0.05) is 12.1 Å². The normalized spacial score (nSPS) is 11.8. The molecular weight excluding hydrogens is 272 g/mol. The lowest BCUT2D eigenvalue weighted by Gasteiger charge is -2.04. The number of hydrogen-bond acceptors (Lipinski definition) is 1. The molecule has 0 aliphatic carbocycles. The molecule has 1 aromatic heterocycles. The topological polar surface area (TPSA) is 37.0 Å². The Bertz CT molecular complexity index is 1040. The summed E-state index contributed by atoms with van der Waals surface area (Å²) in [5.74, 6) is 0. The predicted molar refractivity (Wildman–Crippen MR) is 83.0 cm³/mol. The van der Waals surface area contributed by atoms with Gasteiger partial charge in [0.15, 0.2) is 6.54 Å². The van der Waals surface area contributed by atoms with E-state index in [1.54, 1.807) is 6.07 Å². The van der Waals surface area contributed by atoms with Crippen LogP contribution in [0, 0.1) is 31.8 Å². The maximum Gasteiger partial charge on any atom is 0.205 e. The van der Waals surface area contributed by atoms with Crippen LogP contribution in [0.1, 0.15) is 22.3 Å². The molecule has 0 fully saturated rings. The van der Waals surface area contributed by atoms with Crippen molar-refractivity contribution in [3.63, 3.8) is 0 Å². The number of aryl methyl sites for hydroxylation is 2. The number of nitrogens with zero attached hydrogens (tertiary/aromatic N) is 4. The predicted octanol–water partition coefficient (Wildman–Crippen LogP) is 3.32. The van der Waals surface area contributed by atoms with Crippen LogP contribution in [-0.2, 0) is 6.54 Å². The van der Waals surface area contributed by atoms with Crippen molar-refractivity contribution < 1.29 is 4.68 Å². The molecule has 1 aliphatic heterocycles. The minimum atomic E-state index is 0.417. The Morgan fingerprint density at radius 1 is 1.32 bits per heavy atom. The van der Waals surface area contributed by atoms with Gasteiger partial charge in [0.2, 0.25) is 11.9 Å². The second-order valence-corrected chi connectivity index (χ2v) is 5.73. The number of fused-ring (bicyclic) bond motifs is 5. The summed E-state index contributed by atoms with van der Waals surface area (Å²) in [7, 11) is 0. The zero-order chi connectivity index (χ0) is 15.4. The molecule has 4 heteroatoms. The van der Waals surface area contributed by atoms with E-state index in [0.717, 1.165) is 17.4 Å². The first-order valence-electron chi connectivity index (χ1n) is 7.10. The molecule has 0 atom stereocenters. The van der Waals surface area contributed by atoms with Crippen molar-refractivity contribution in [1.29, 1.82) is 5.26 Å². The van der Waals surface area contributed by atoms with E-state index in [9.17, 15) is 5.26 Å². The molecule has 0 saturated heterocycles. The van der Waals surface area contributed by atoms with Crippen molar-refractivity contribution in [2.75, 3.05) is 0 Å². The molecule has 0 bridgehead atoms. The Labute approximate surface area is 128 Å². The average molecular weight is 285 g/mol. The summed E-state index contributed by atoms with van der Waals surface area (Å²) in [5, 5.41) is 10.3. The van der Waals surface area contributed by atoms with E-state index in [1.807, 2.05) is 12.3 Å². The second kappa shape index (κ2) is 4.19. The highest BCUT2D eigenvalue weighted by Gasteiger charge is 2.30. The van der Waals surface area contributed by atoms with Gasteiger partial charge in [0.25, 0.3) is 0 Å². The van der Waals surface area contributed by atoms with Gasteiger partial charge >= 0.3 is 0 Å². The molecule has 4 nitrogen and oxygen atoms in total. The first-order valence-corrected chi connectivity index (χ1v) is 7.10. The van der Waals surface area contributed by atoms with Gasteiger partial charge < -0.3 is 0 Å². The lowest BCUT2D eigenvalue weighted by molar-refractivity contribution is -0.749. The van der Waals surface area contributed by atoms with E-state index in [4.69, 9.17) is 6.57 Å². The summed E-state index contributed by atoms with van der Waals surface area (Å²) in [6.45, 7) is 12.3. The van der Waals surface area contributed by atoms with Crippen molar-refractivity contribution in [1.82, 2.24) is 4.68 Å². The molecule has 1 aliphatic rings. The maximum absolute atomic E-state index is 9.41. The Morgan fingerprint density at radius 3 is 2.86 bits per heavy atom. The van der Waals surface area contributed by atoms with Crippen LogP contribution in [-0.4, -0.2) is 4.68 Å². The summed E-state index contributed by atoms with van der Waals surface area (Å²) in [5.41, 5.74) is 6.87. The van der Waals surface area contributed by atoms with Crippen LogP contribution >= 0.6 is 0 Å². The molecule has 2 aromatic carbocycles. The molecule has 22 heavy (non-hydrogen) atoms. The number of nitriles is 1. The fourth-order valence-corrected chi connectivity index (χ4v) is 3.38. The van der Waals surface area contributed by atoms with E-state index in [2.05, 4.69) is 46.3 Å². The average Bonchev–Trinajstić information content (AvgIpc) is 3.02. The van der Waals surface area contributed by atoms with E-state index < -0.39 is 0 Å². The molecule has 0 radical (unpaired) electrons. The van der Waals surface area contributed by atoms with E-state index >= 15 is 0 Å². The summed E-state index contributed by atoms with van der Waals surface area (Å²) >= 11 is 0. The third kappa shape index (κ3) is 1.47. The third-order valence-corrected chi connectivity index (χ3v) is 4.34. The van der Waals surface area contributed by atoms with Crippen molar-refractivity contribution in [3.05, 3.63) is 64.1 Å². The standard InChI is InChI=1S/C18H13N4/c1-11-6-12(2)14-9-21-10-15-13(8-19)16(20-3)4-5-17(15)22(21)18(14)7-11/h4-7,10H,9H2,1-2H3/q+1. The number of aromatic nitrogens is 2. The molecule has 0 N–H and O–H groups in total. The zero-order valence-electron chi connectivity index (χ0n) is 12.4. The second-order valence-electron chi connectivity index (χ2n) is 5.73. The van der Waals surface area contributed by atoms with Gasteiger partial charge in [-0.05, 0) is 37.1 Å². The smallest absolute Gasteiger partial charge is 0.205 e. The lowest BCUT2D eigenvalue weighted by Crippen LogP contribution is -2.36. The summed E-state index contributed by atoms with van der Waals surface area (Å²) in [6, 6.07) is 10.2. The van der Waals surface area contributed by atoms with Gasteiger partial charge in [0.05, 0.1) is 29.2 Å². The summed E-state index contributed by atoms with van der Waals surface area (Å²) < 4.78 is 4.27. The minimum Gasteiger partial charge on any atom is -0.237 e. The monoisotopic (exact) mass is 285 g/mol. The van der Waals surface area contributed by atoms with E-state index in [0.29, 0.717) is 11.3 Å². The van der Waals surface area contributed by atoms with Crippen LogP contribution in [0.5, 0.6) is 0 Å². The van der Waals surface area contributed by atoms with Gasteiger partial charge in [-0.25, -0.2) is 4.85 Å². The van der Waals surface area contributed by atoms with Crippen molar-refractivity contribution in [3.8, 4) is 11.8 Å². The van der Waals surface area contributed by atoms with Crippen LogP contribution in [0.3, 0.4) is 0 Å². The molecule has 2 heterocycles. The Morgan fingerprint density at radius 2 is 2.14 bits per heavy atom. The molecule has 0 unspecified atom stereocenters. The number of hydrogen-bond donors (Lipinski definition) is 0. The van der Waals surface area contributed by atoms with Crippen LogP contribution in [0.2, 0.25) is 0 Å². The van der Waals surface area contributed by atoms with Crippen molar-refractivity contribution in [2.24, 2.45) is 0 Å². The minimum absolute atomic E-state index is 0.417. The van der Waals surface area contributed by atoms with Crippen LogP contribution < -0.4 is 4.68 Å². The van der Waals surface area contributed by atoms with Gasteiger partial charge in [-0.2, -0.15) is 5.26 Å².